The van der Waals surface area contributed by atoms with Gasteiger partial charge in [0.05, 0.1) is 12.1 Å². The van der Waals surface area contributed by atoms with E-state index in [0.29, 0.717) is 30.4 Å². The Morgan fingerprint density at radius 1 is 1.64 bits per heavy atom. The molecular formula is C16H21N5O. The predicted molar refractivity (Wildman–Crippen MR) is 85.2 cm³/mol. The van der Waals surface area contributed by atoms with Crippen molar-refractivity contribution >= 4 is 11.7 Å². The molecule has 1 aliphatic rings. The molecule has 1 saturated heterocycles. The fraction of sp³-hybridized carbons (Fsp3) is 0.438. The lowest BCUT2D eigenvalue weighted by Crippen LogP contribution is -2.36. The van der Waals surface area contributed by atoms with Gasteiger partial charge in [-0.2, -0.15) is 5.26 Å². The van der Waals surface area contributed by atoms with Gasteiger partial charge in [-0.1, -0.05) is 6.08 Å². The van der Waals surface area contributed by atoms with Crippen LogP contribution in [0.3, 0.4) is 0 Å². The minimum Gasteiger partial charge on any atom is -0.369 e. The number of anilines is 1. The molecule has 1 fully saturated rings. The zero-order chi connectivity index (χ0) is 15.8. The van der Waals surface area contributed by atoms with Crippen molar-refractivity contribution in [2.24, 2.45) is 5.92 Å². The van der Waals surface area contributed by atoms with Gasteiger partial charge < -0.3 is 10.6 Å². The quantitative estimate of drug-likeness (QED) is 0.734. The number of hydrogen-bond donors (Lipinski definition) is 2. The van der Waals surface area contributed by atoms with E-state index in [4.69, 9.17) is 5.26 Å². The van der Waals surface area contributed by atoms with Gasteiger partial charge in [0.1, 0.15) is 11.9 Å². The van der Waals surface area contributed by atoms with Crippen LogP contribution in [0.2, 0.25) is 0 Å². The van der Waals surface area contributed by atoms with Gasteiger partial charge in [0, 0.05) is 25.8 Å². The van der Waals surface area contributed by atoms with Gasteiger partial charge in [0.25, 0.3) is 0 Å². The molecule has 2 heterocycles. The Morgan fingerprint density at radius 2 is 2.50 bits per heavy atom. The van der Waals surface area contributed by atoms with Crippen molar-refractivity contribution in [3.8, 4) is 6.07 Å². The van der Waals surface area contributed by atoms with Crippen molar-refractivity contribution in [2.45, 2.75) is 6.42 Å². The Labute approximate surface area is 130 Å². The second-order valence-electron chi connectivity index (χ2n) is 5.37. The van der Waals surface area contributed by atoms with E-state index in [1.807, 2.05) is 0 Å². The van der Waals surface area contributed by atoms with Crippen LogP contribution in [0.1, 0.15) is 12.0 Å². The monoisotopic (exact) mass is 299 g/mol. The molecular weight excluding hydrogens is 278 g/mol. The summed E-state index contributed by atoms with van der Waals surface area (Å²) in [7, 11) is 0. The number of amides is 1. The van der Waals surface area contributed by atoms with Crippen LogP contribution in [0.15, 0.2) is 31.0 Å². The molecule has 0 saturated carbocycles. The van der Waals surface area contributed by atoms with E-state index < -0.39 is 0 Å². The van der Waals surface area contributed by atoms with Crippen molar-refractivity contribution in [1.29, 1.82) is 5.26 Å². The summed E-state index contributed by atoms with van der Waals surface area (Å²) in [6.45, 7) is 7.07. The minimum absolute atomic E-state index is 0.0324. The molecule has 1 atom stereocenters. The molecule has 0 aromatic carbocycles. The molecule has 6 nitrogen and oxygen atoms in total. The maximum atomic E-state index is 11.7. The molecule has 2 N–H and O–H groups in total. The van der Waals surface area contributed by atoms with Crippen LogP contribution in [0.5, 0.6) is 0 Å². The lowest BCUT2D eigenvalue weighted by Gasteiger charge is -2.16. The standard InChI is InChI=1S/C16H21N5O/c1-2-6-18-15(22)12-21-8-5-13(11-21)10-20-16-14(9-17)4-3-7-19-16/h2-4,7,13H,1,5-6,8,10-12H2,(H,18,22)(H,19,20)/t13-/m1/s1. The molecule has 1 amide bonds. The summed E-state index contributed by atoms with van der Waals surface area (Å²) >= 11 is 0. The lowest BCUT2D eigenvalue weighted by atomic mass is 10.1. The number of aromatic nitrogens is 1. The number of carbonyl (C=O) groups is 1. The molecule has 0 radical (unpaired) electrons. The number of carbonyl (C=O) groups excluding carboxylic acids is 1. The highest BCUT2D eigenvalue weighted by Crippen LogP contribution is 2.17. The third-order valence-electron chi connectivity index (χ3n) is 3.67. The van der Waals surface area contributed by atoms with Crippen LogP contribution < -0.4 is 10.6 Å². The van der Waals surface area contributed by atoms with Crippen LogP contribution in [-0.2, 0) is 4.79 Å². The van der Waals surface area contributed by atoms with Crippen LogP contribution >= 0.6 is 0 Å². The number of pyridine rings is 1. The summed E-state index contributed by atoms with van der Waals surface area (Å²) in [5.74, 6) is 1.12. The highest BCUT2D eigenvalue weighted by atomic mass is 16.2. The van der Waals surface area contributed by atoms with Crippen molar-refractivity contribution in [1.82, 2.24) is 15.2 Å². The molecule has 1 aromatic heterocycles. The maximum absolute atomic E-state index is 11.7. The second-order valence-corrected chi connectivity index (χ2v) is 5.37. The van der Waals surface area contributed by atoms with E-state index in [1.165, 1.54) is 0 Å². The number of hydrogen-bond acceptors (Lipinski definition) is 5. The van der Waals surface area contributed by atoms with Gasteiger partial charge in [-0.15, -0.1) is 6.58 Å². The fourth-order valence-corrected chi connectivity index (χ4v) is 2.55. The molecule has 116 valence electrons. The third-order valence-corrected chi connectivity index (χ3v) is 3.67. The highest BCUT2D eigenvalue weighted by Gasteiger charge is 2.23. The van der Waals surface area contributed by atoms with E-state index >= 15 is 0 Å². The number of nitriles is 1. The maximum Gasteiger partial charge on any atom is 0.234 e. The lowest BCUT2D eigenvalue weighted by molar-refractivity contribution is -0.121. The van der Waals surface area contributed by atoms with Crippen molar-refractivity contribution in [3.63, 3.8) is 0 Å². The van der Waals surface area contributed by atoms with E-state index in [1.54, 1.807) is 24.4 Å². The minimum atomic E-state index is 0.0324. The van der Waals surface area contributed by atoms with Crippen molar-refractivity contribution < 1.29 is 4.79 Å². The van der Waals surface area contributed by atoms with Crippen LogP contribution in [0.25, 0.3) is 0 Å². The Kier molecular flexibility index (Phi) is 5.92. The summed E-state index contributed by atoms with van der Waals surface area (Å²) in [5.41, 5.74) is 0.557. The third kappa shape index (κ3) is 4.57. The van der Waals surface area contributed by atoms with E-state index in [0.717, 1.165) is 26.1 Å². The topological polar surface area (TPSA) is 81.1 Å². The SMILES string of the molecule is C=CCNC(=O)CN1CC[C@H](CNc2ncccc2C#N)C1. The van der Waals surface area contributed by atoms with Crippen molar-refractivity contribution in [3.05, 3.63) is 36.5 Å². The summed E-state index contributed by atoms with van der Waals surface area (Å²) < 4.78 is 0. The number of likely N-dealkylation sites (tertiary alicyclic amines) is 1. The Balaban J connectivity index is 1.76. The van der Waals surface area contributed by atoms with Gasteiger partial charge in [-0.05, 0) is 31.0 Å². The first-order valence-electron chi connectivity index (χ1n) is 7.42. The predicted octanol–water partition coefficient (Wildman–Crippen LogP) is 0.989. The van der Waals surface area contributed by atoms with Gasteiger partial charge in [0.15, 0.2) is 0 Å². The first kappa shape index (κ1) is 16.0. The first-order chi connectivity index (χ1) is 10.7. The number of rotatable bonds is 7. The van der Waals surface area contributed by atoms with Crippen LogP contribution in [0, 0.1) is 17.2 Å². The summed E-state index contributed by atoms with van der Waals surface area (Å²) in [5, 5.41) is 15.1. The van der Waals surface area contributed by atoms with Gasteiger partial charge >= 0.3 is 0 Å². The largest absolute Gasteiger partial charge is 0.369 e. The number of nitrogens with zero attached hydrogens (tertiary/aromatic N) is 3. The highest BCUT2D eigenvalue weighted by molar-refractivity contribution is 5.78. The fourth-order valence-electron chi connectivity index (χ4n) is 2.55. The molecule has 22 heavy (non-hydrogen) atoms. The average Bonchev–Trinajstić information content (AvgIpc) is 2.98. The van der Waals surface area contributed by atoms with Crippen LogP contribution in [-0.4, -0.2) is 48.5 Å². The Bertz CT molecular complexity index is 566. The van der Waals surface area contributed by atoms with Gasteiger partial charge in [-0.3, -0.25) is 9.69 Å². The molecule has 0 unspecified atom stereocenters. The Morgan fingerprint density at radius 3 is 3.27 bits per heavy atom. The molecule has 0 bridgehead atoms. The van der Waals surface area contributed by atoms with E-state index in [-0.39, 0.29) is 5.91 Å². The zero-order valence-electron chi connectivity index (χ0n) is 12.6. The zero-order valence-corrected chi connectivity index (χ0v) is 12.6. The molecule has 2 rings (SSSR count). The summed E-state index contributed by atoms with van der Waals surface area (Å²) in [6, 6.07) is 5.63. The summed E-state index contributed by atoms with van der Waals surface area (Å²) in [6.07, 6.45) is 4.39. The van der Waals surface area contributed by atoms with Crippen LogP contribution in [0.4, 0.5) is 5.82 Å². The van der Waals surface area contributed by atoms with E-state index in [9.17, 15) is 4.79 Å². The Hall–Kier alpha value is -2.39. The molecule has 6 heteroatoms. The first-order valence-corrected chi connectivity index (χ1v) is 7.42. The molecule has 0 spiro atoms. The van der Waals surface area contributed by atoms with Crippen molar-refractivity contribution in [2.75, 3.05) is 38.0 Å². The molecule has 0 aliphatic carbocycles. The van der Waals surface area contributed by atoms with Gasteiger partial charge in [0.2, 0.25) is 5.91 Å². The van der Waals surface area contributed by atoms with Gasteiger partial charge in [-0.25, -0.2) is 4.98 Å². The van der Waals surface area contributed by atoms with E-state index in [2.05, 4.69) is 33.2 Å². The second kappa shape index (κ2) is 8.15. The number of nitrogens with one attached hydrogen (secondary N) is 2. The normalized spacial score (nSPS) is 17.7. The summed E-state index contributed by atoms with van der Waals surface area (Å²) in [4.78, 5) is 18.0. The average molecular weight is 299 g/mol. The smallest absolute Gasteiger partial charge is 0.234 e. The molecule has 1 aliphatic heterocycles. The molecule has 1 aromatic rings.